The second-order valence-electron chi connectivity index (χ2n) is 0. The third-order valence-electron chi connectivity index (χ3n) is 0. The summed E-state index contributed by atoms with van der Waals surface area (Å²) in [6.45, 7) is 6.00. The van der Waals surface area contributed by atoms with Gasteiger partial charge in [-0.15, -0.1) is 0 Å². The van der Waals surface area contributed by atoms with Crippen molar-refractivity contribution in [3.05, 3.63) is 0 Å². The summed E-state index contributed by atoms with van der Waals surface area (Å²) in [4.78, 5) is 24.0. The molecule has 0 aromatic rings. The van der Waals surface area contributed by atoms with Crippen LogP contribution in [0.3, 0.4) is 0 Å². The van der Waals surface area contributed by atoms with E-state index in [1.807, 2.05) is 20.4 Å². The van der Waals surface area contributed by atoms with Gasteiger partial charge in [-0.05, 0) is 0 Å². The van der Waals surface area contributed by atoms with Crippen molar-refractivity contribution in [1.29, 1.82) is 0 Å². The Morgan fingerprint density at radius 1 is 0.571 bits per heavy atom. The normalized spacial score (nSPS) is 1.71. The molecule has 0 aromatic heterocycles. The van der Waals surface area contributed by atoms with Crippen LogP contribution < -0.4 is 0 Å². The van der Waals surface area contributed by atoms with Crippen molar-refractivity contribution in [2.45, 2.75) is 0 Å². The minimum Gasteiger partial charge on any atom is -0.307 e. The molecule has 0 aliphatic heterocycles. The van der Waals surface area contributed by atoms with E-state index >= 15 is 0 Å². The molecule has 45 valence electrons. The molecule has 0 amide bonds. The van der Waals surface area contributed by atoms with E-state index in [0.29, 0.717) is 0 Å². The van der Waals surface area contributed by atoms with Crippen LogP contribution >= 0.6 is 0 Å². The first-order chi connectivity index (χ1) is 3.00. The van der Waals surface area contributed by atoms with Crippen molar-refractivity contribution in [2.75, 3.05) is 0 Å². The maximum Gasteiger partial charge on any atom is 0.106 e. The molecule has 0 rings (SSSR count). The van der Waals surface area contributed by atoms with Gasteiger partial charge in [0.15, 0.2) is 0 Å². The maximum absolute atomic E-state index is 8.00. The van der Waals surface area contributed by atoms with Gasteiger partial charge in [0.1, 0.15) is 20.4 Å². The van der Waals surface area contributed by atoms with E-state index in [2.05, 4.69) is 0 Å². The van der Waals surface area contributed by atoms with Crippen LogP contribution in [0.1, 0.15) is 0 Å². The van der Waals surface area contributed by atoms with Crippen LogP contribution in [0.15, 0.2) is 0 Å². The first-order valence-electron chi connectivity index (χ1n) is 0.866. The van der Waals surface area contributed by atoms with Crippen molar-refractivity contribution >= 4 is 20.4 Å². The van der Waals surface area contributed by atoms with E-state index in [9.17, 15) is 0 Å². The zero-order valence-corrected chi connectivity index (χ0v) is 5.32. The summed E-state index contributed by atoms with van der Waals surface area (Å²) in [5, 5.41) is 0. The Balaban J connectivity index is -0.00000000900. The van der Waals surface area contributed by atoms with Crippen molar-refractivity contribution < 1.29 is 33.9 Å². The summed E-state index contributed by atoms with van der Waals surface area (Å²) < 4.78 is 0. The molecular weight excluding hydrogens is 187 g/mol. The Morgan fingerprint density at radius 3 is 0.571 bits per heavy atom. The summed E-state index contributed by atoms with van der Waals surface area (Å²) >= 11 is 0. The smallest absolute Gasteiger partial charge is 0.106 e. The first-order valence-corrected chi connectivity index (χ1v) is 0.866. The van der Waals surface area contributed by atoms with Gasteiger partial charge in [0.2, 0.25) is 0 Å². The van der Waals surface area contributed by atoms with Gasteiger partial charge in [0.05, 0.1) is 0 Å². The summed E-state index contributed by atoms with van der Waals surface area (Å²) in [6.07, 6.45) is 0. The van der Waals surface area contributed by atoms with Gasteiger partial charge >= 0.3 is 0 Å². The Hall–Kier alpha value is -0.367. The molecule has 0 bridgehead atoms. The Bertz CT molecular complexity index is 14.9. The molecule has 0 aliphatic carbocycles. The second-order valence-corrected chi connectivity index (χ2v) is 0. The minimum atomic E-state index is 0. The van der Waals surface area contributed by atoms with Crippen molar-refractivity contribution in [3.63, 3.8) is 0 Å². The summed E-state index contributed by atoms with van der Waals surface area (Å²) in [7, 11) is 0. The molecule has 0 saturated heterocycles. The topological polar surface area (TPSA) is 51.2 Å². The number of carbonyl (C=O) groups is 3. The molecule has 0 unspecified atom stereocenters. The molecule has 0 aliphatic rings. The van der Waals surface area contributed by atoms with Gasteiger partial charge in [-0.3, -0.25) is 0 Å². The maximum atomic E-state index is 8.00. The van der Waals surface area contributed by atoms with Gasteiger partial charge in [-0.2, -0.15) is 0 Å². The molecule has 0 spiro atoms. The predicted molar refractivity (Wildman–Crippen MR) is 21.4 cm³/mol. The fourth-order valence-corrected chi connectivity index (χ4v) is 0. The molecule has 0 N–H and O–H groups in total. The van der Waals surface area contributed by atoms with Crippen LogP contribution in [0.2, 0.25) is 0 Å². The minimum absolute atomic E-state index is 0. The van der Waals surface area contributed by atoms with Crippen molar-refractivity contribution in [1.82, 2.24) is 0 Å². The predicted octanol–water partition coefficient (Wildman–Crippen LogP) is -0.557. The Labute approximate surface area is 54.8 Å². The van der Waals surface area contributed by atoms with Gasteiger partial charge in [0.25, 0.3) is 0 Å². The second kappa shape index (κ2) is 900. The average Bonchev–Trinajstić information content (AvgIpc) is 1.81. The number of hydrogen-bond acceptors (Lipinski definition) is 3. The fourth-order valence-electron chi connectivity index (χ4n) is 0. The van der Waals surface area contributed by atoms with Gasteiger partial charge in [0, 0.05) is 19.5 Å². The standard InChI is InChI=1S/3CH2O.Rh/c3*1-2;/h3*1H2;. The summed E-state index contributed by atoms with van der Waals surface area (Å²) in [5.74, 6) is 0. The third kappa shape index (κ3) is 553. The summed E-state index contributed by atoms with van der Waals surface area (Å²) in [5.41, 5.74) is 0. The van der Waals surface area contributed by atoms with Crippen LogP contribution in [-0.4, -0.2) is 20.4 Å². The molecule has 0 fully saturated rings. The molecule has 0 atom stereocenters. The Morgan fingerprint density at radius 2 is 0.571 bits per heavy atom. The van der Waals surface area contributed by atoms with Gasteiger partial charge in [-0.1, -0.05) is 0 Å². The fraction of sp³-hybridized carbons (Fsp3) is 0. The SMILES string of the molecule is C=O.C=O.C=O.[Rh]. The largest absolute Gasteiger partial charge is 0.307 e. The van der Waals surface area contributed by atoms with E-state index < -0.39 is 0 Å². The van der Waals surface area contributed by atoms with Crippen LogP contribution in [0, 0.1) is 0 Å². The molecule has 7 heavy (non-hydrogen) atoms. The molecule has 0 saturated carbocycles. The van der Waals surface area contributed by atoms with E-state index in [-0.39, 0.29) is 19.5 Å². The summed E-state index contributed by atoms with van der Waals surface area (Å²) in [6, 6.07) is 0. The number of carbonyl (C=O) groups excluding carboxylic acids is 3. The molecule has 0 aromatic carbocycles. The zero-order chi connectivity index (χ0) is 6.00. The third-order valence-corrected chi connectivity index (χ3v) is 0. The molecule has 0 heterocycles. The Kier molecular flexibility index (Phi) is 3900. The van der Waals surface area contributed by atoms with E-state index in [1.54, 1.807) is 0 Å². The van der Waals surface area contributed by atoms with Crippen molar-refractivity contribution in [2.24, 2.45) is 0 Å². The molecule has 1 radical (unpaired) electrons. The monoisotopic (exact) mass is 193 g/mol. The molecular formula is C3H6O3Rh. The van der Waals surface area contributed by atoms with Crippen LogP contribution in [0.4, 0.5) is 0 Å². The van der Waals surface area contributed by atoms with Crippen molar-refractivity contribution in [3.8, 4) is 0 Å². The number of hydrogen-bond donors (Lipinski definition) is 0. The van der Waals surface area contributed by atoms with E-state index in [0.717, 1.165) is 0 Å². The number of rotatable bonds is 0. The van der Waals surface area contributed by atoms with Gasteiger partial charge < -0.3 is 14.4 Å². The van der Waals surface area contributed by atoms with E-state index in [4.69, 9.17) is 14.4 Å². The van der Waals surface area contributed by atoms with Crippen LogP contribution in [-0.2, 0) is 33.9 Å². The van der Waals surface area contributed by atoms with Crippen LogP contribution in [0.5, 0.6) is 0 Å². The van der Waals surface area contributed by atoms with Crippen LogP contribution in [0.25, 0.3) is 0 Å². The molecule has 4 heteroatoms. The quantitative estimate of drug-likeness (QED) is 0.484. The molecule has 3 nitrogen and oxygen atoms in total. The zero-order valence-electron chi connectivity index (χ0n) is 3.68. The van der Waals surface area contributed by atoms with E-state index in [1.165, 1.54) is 0 Å². The average molecular weight is 193 g/mol. The first kappa shape index (κ1) is 30.4. The van der Waals surface area contributed by atoms with Gasteiger partial charge in [-0.25, -0.2) is 0 Å².